The lowest BCUT2D eigenvalue weighted by atomic mass is 9.88. The topological polar surface area (TPSA) is 80.4 Å². The van der Waals surface area contributed by atoms with Crippen molar-refractivity contribution >= 4 is 11.7 Å². The number of aliphatic imine (C=N–C) groups is 1. The first kappa shape index (κ1) is 16.2. The Morgan fingerprint density at radius 1 is 1.27 bits per heavy atom. The third kappa shape index (κ3) is 2.71. The third-order valence-corrected chi connectivity index (χ3v) is 4.19. The minimum absolute atomic E-state index is 0.174. The molecule has 2 aromatic rings. The Morgan fingerprint density at radius 2 is 2.08 bits per heavy atom. The summed E-state index contributed by atoms with van der Waals surface area (Å²) in [7, 11) is 0. The van der Waals surface area contributed by atoms with Gasteiger partial charge in [0.15, 0.2) is 0 Å². The van der Waals surface area contributed by atoms with E-state index < -0.39 is 18.0 Å². The molecule has 1 atom stereocenters. The van der Waals surface area contributed by atoms with E-state index in [2.05, 4.69) is 20.4 Å². The Hall–Kier alpha value is -3.23. The van der Waals surface area contributed by atoms with Crippen LogP contribution in [0.3, 0.4) is 0 Å². The summed E-state index contributed by atoms with van der Waals surface area (Å²) in [6.45, 7) is 1.77. The molecule has 0 bridgehead atoms. The van der Waals surface area contributed by atoms with Gasteiger partial charge in [0, 0.05) is 11.5 Å². The molecule has 1 aliphatic heterocycles. The van der Waals surface area contributed by atoms with E-state index >= 15 is 0 Å². The molecule has 1 N–H and O–H groups in total. The van der Waals surface area contributed by atoms with Crippen LogP contribution in [0.25, 0.3) is 11.5 Å². The molecule has 1 unspecified atom stereocenters. The quantitative estimate of drug-likeness (QED) is 0.884. The molecule has 132 valence electrons. The number of allylic oxidation sites excluding steroid dienone is 3. The normalized spacial score (nSPS) is 19.1. The Balaban J connectivity index is 1.71. The molecule has 0 radical (unpaired) electrons. The maximum Gasteiger partial charge on any atom is 0.455 e. The van der Waals surface area contributed by atoms with Gasteiger partial charge in [0.05, 0.1) is 11.4 Å². The second-order valence-electron chi connectivity index (χ2n) is 5.83. The maximum absolute atomic E-state index is 12.7. The first-order chi connectivity index (χ1) is 12.3. The van der Waals surface area contributed by atoms with Crippen molar-refractivity contribution in [2.24, 2.45) is 4.99 Å². The highest BCUT2D eigenvalue weighted by atomic mass is 19.4. The smallest absolute Gasteiger partial charge is 0.334 e. The van der Waals surface area contributed by atoms with Crippen LogP contribution in [-0.2, 0) is 6.18 Å². The molecule has 0 saturated carbocycles. The number of aromatic nitrogens is 2. The van der Waals surface area contributed by atoms with Crippen LogP contribution in [0.2, 0.25) is 0 Å². The number of amides is 2. The number of hydrogen-bond donors (Lipinski definition) is 1. The monoisotopic (exact) mass is 360 g/mol. The van der Waals surface area contributed by atoms with Crippen molar-refractivity contribution < 1.29 is 22.5 Å². The third-order valence-electron chi connectivity index (χ3n) is 4.19. The van der Waals surface area contributed by atoms with E-state index in [9.17, 15) is 18.0 Å². The van der Waals surface area contributed by atoms with Gasteiger partial charge < -0.3 is 9.84 Å². The molecule has 26 heavy (non-hydrogen) atoms. The van der Waals surface area contributed by atoms with Crippen molar-refractivity contribution in [2.75, 3.05) is 0 Å². The highest BCUT2D eigenvalue weighted by Gasteiger charge is 2.37. The number of nitrogens with one attached hydrogen (secondary N) is 1. The molecular formula is C17H11F3N4O2. The number of carbonyl (C=O) groups excluding carboxylic acids is 1. The van der Waals surface area contributed by atoms with Crippen molar-refractivity contribution in [3.8, 4) is 11.5 Å². The molecule has 2 aliphatic rings. The summed E-state index contributed by atoms with van der Waals surface area (Å²) in [5, 5.41) is 5.64. The number of hydrogen-bond acceptors (Lipinski definition) is 4. The molecule has 1 aromatic heterocycles. The van der Waals surface area contributed by atoms with E-state index in [-0.39, 0.29) is 11.8 Å². The van der Waals surface area contributed by atoms with Gasteiger partial charge in [0.1, 0.15) is 0 Å². The Kier molecular flexibility index (Phi) is 3.53. The lowest BCUT2D eigenvalue weighted by molar-refractivity contribution is -0.146. The first-order valence-corrected chi connectivity index (χ1v) is 7.64. The standard InChI is InChI=1S/C17H11F3N4O2/c1-8-10(9-5-6-12-13(7-9)22-16(25)21-12)3-2-4-11(8)14-23-15(24-26-14)17(18,19)20/h2-7,9H,1H3,(H,22,25). The lowest BCUT2D eigenvalue weighted by Crippen LogP contribution is -2.17. The fourth-order valence-electron chi connectivity index (χ4n) is 2.95. The summed E-state index contributed by atoms with van der Waals surface area (Å²) in [5.41, 5.74) is 3.16. The number of rotatable bonds is 2. The highest BCUT2D eigenvalue weighted by Crippen LogP contribution is 2.34. The fourth-order valence-corrected chi connectivity index (χ4v) is 2.95. The van der Waals surface area contributed by atoms with Gasteiger partial charge in [-0.25, -0.2) is 4.79 Å². The van der Waals surface area contributed by atoms with Gasteiger partial charge in [0.2, 0.25) is 0 Å². The van der Waals surface area contributed by atoms with Crippen LogP contribution in [-0.4, -0.2) is 21.9 Å². The SMILES string of the molecule is Cc1c(-c2nc(C(F)(F)F)no2)cccc1C1C=CC2=NC(=O)NC2=C1. The minimum Gasteiger partial charge on any atom is -0.334 e. The summed E-state index contributed by atoms with van der Waals surface area (Å²) >= 11 is 0. The highest BCUT2D eigenvalue weighted by molar-refractivity contribution is 6.19. The van der Waals surface area contributed by atoms with E-state index in [1.807, 2.05) is 18.2 Å². The maximum atomic E-state index is 12.7. The van der Waals surface area contributed by atoms with Gasteiger partial charge in [-0.3, -0.25) is 0 Å². The van der Waals surface area contributed by atoms with Crippen LogP contribution in [0.4, 0.5) is 18.0 Å². The zero-order valence-electron chi connectivity index (χ0n) is 13.3. The largest absolute Gasteiger partial charge is 0.455 e. The molecule has 2 heterocycles. The molecule has 1 aliphatic carbocycles. The number of benzene rings is 1. The van der Waals surface area contributed by atoms with Gasteiger partial charge in [-0.05, 0) is 36.3 Å². The number of carbonyl (C=O) groups is 1. The molecule has 0 saturated heterocycles. The van der Waals surface area contributed by atoms with Gasteiger partial charge >= 0.3 is 12.2 Å². The average Bonchev–Trinajstić information content (AvgIpc) is 3.19. The minimum atomic E-state index is -4.67. The first-order valence-electron chi connectivity index (χ1n) is 7.64. The molecule has 2 amide bonds. The molecular weight excluding hydrogens is 349 g/mol. The van der Waals surface area contributed by atoms with Crippen LogP contribution in [0.5, 0.6) is 0 Å². The molecule has 9 heteroatoms. The van der Waals surface area contributed by atoms with E-state index in [0.717, 1.165) is 5.56 Å². The number of nitrogens with zero attached hydrogens (tertiary/aromatic N) is 3. The zero-order chi connectivity index (χ0) is 18.5. The summed E-state index contributed by atoms with van der Waals surface area (Å²) in [5.74, 6) is -1.68. The van der Waals surface area contributed by atoms with Gasteiger partial charge in [-0.15, -0.1) is 0 Å². The van der Waals surface area contributed by atoms with E-state index in [1.54, 1.807) is 25.1 Å². The Morgan fingerprint density at radius 3 is 2.81 bits per heavy atom. The Bertz CT molecular complexity index is 1000. The van der Waals surface area contributed by atoms with Gasteiger partial charge in [-0.1, -0.05) is 23.4 Å². The van der Waals surface area contributed by atoms with Crippen LogP contribution >= 0.6 is 0 Å². The van der Waals surface area contributed by atoms with Gasteiger partial charge in [-0.2, -0.15) is 23.1 Å². The molecule has 4 rings (SSSR count). The number of fused-ring (bicyclic) bond motifs is 1. The Labute approximate surface area is 145 Å². The van der Waals surface area contributed by atoms with E-state index in [4.69, 9.17) is 4.52 Å². The van der Waals surface area contributed by atoms with Crippen molar-refractivity contribution in [3.63, 3.8) is 0 Å². The van der Waals surface area contributed by atoms with E-state index in [1.165, 1.54) is 0 Å². The molecule has 1 aromatic carbocycles. The zero-order valence-corrected chi connectivity index (χ0v) is 13.3. The van der Waals surface area contributed by atoms with Crippen molar-refractivity contribution in [3.05, 3.63) is 59.1 Å². The average molecular weight is 360 g/mol. The summed E-state index contributed by atoms with van der Waals surface area (Å²) in [6.07, 6.45) is 0.771. The van der Waals surface area contributed by atoms with Crippen molar-refractivity contribution in [1.82, 2.24) is 15.5 Å². The van der Waals surface area contributed by atoms with Gasteiger partial charge in [0.25, 0.3) is 11.7 Å². The number of alkyl halides is 3. The molecule has 0 spiro atoms. The number of halogens is 3. The second-order valence-corrected chi connectivity index (χ2v) is 5.83. The summed E-state index contributed by atoms with van der Waals surface area (Å²) in [4.78, 5) is 18.6. The second kappa shape index (κ2) is 5.65. The van der Waals surface area contributed by atoms with Crippen LogP contribution in [0.1, 0.15) is 22.9 Å². The van der Waals surface area contributed by atoms with Crippen LogP contribution in [0.15, 0.2) is 51.6 Å². The lowest BCUT2D eigenvalue weighted by Gasteiger charge is -2.17. The van der Waals surface area contributed by atoms with Crippen LogP contribution < -0.4 is 5.32 Å². The predicted octanol–water partition coefficient (Wildman–Crippen LogP) is 3.77. The van der Waals surface area contributed by atoms with Crippen molar-refractivity contribution in [2.45, 2.75) is 19.0 Å². The predicted molar refractivity (Wildman–Crippen MR) is 85.4 cm³/mol. The summed E-state index contributed by atoms with van der Waals surface area (Å²) < 4.78 is 42.9. The molecule has 0 fully saturated rings. The number of urea groups is 1. The summed E-state index contributed by atoms with van der Waals surface area (Å²) in [6, 6.07) is 4.76. The van der Waals surface area contributed by atoms with Crippen molar-refractivity contribution in [1.29, 1.82) is 0 Å². The fraction of sp³-hybridized carbons (Fsp3) is 0.176. The molecule has 6 nitrogen and oxygen atoms in total. The van der Waals surface area contributed by atoms with E-state index in [0.29, 0.717) is 22.5 Å². The van der Waals surface area contributed by atoms with Crippen LogP contribution in [0, 0.1) is 6.92 Å².